The Balaban J connectivity index is 1.01. The summed E-state index contributed by atoms with van der Waals surface area (Å²) in [5, 5.41) is 5.50. The third-order valence-corrected chi connectivity index (χ3v) is 9.57. The molecule has 3 atom stereocenters. The van der Waals surface area contributed by atoms with Crippen molar-refractivity contribution < 1.29 is 22.6 Å². The number of rotatable bonds is 11. The molecule has 1 aliphatic heterocycles. The minimum Gasteiger partial charge on any atom is -0.403 e. The van der Waals surface area contributed by atoms with E-state index in [1.165, 1.54) is 12.1 Å². The normalized spacial score (nSPS) is 21.7. The van der Waals surface area contributed by atoms with Crippen molar-refractivity contribution in [3.05, 3.63) is 77.9 Å². The first kappa shape index (κ1) is 29.9. The summed E-state index contributed by atoms with van der Waals surface area (Å²) in [5.74, 6) is 0.790. The van der Waals surface area contributed by atoms with E-state index in [4.69, 9.17) is 31.0 Å². The molecule has 0 bridgehead atoms. The number of nitrogens with two attached hydrogens (primary N) is 1. The van der Waals surface area contributed by atoms with Crippen molar-refractivity contribution in [2.45, 2.75) is 31.3 Å². The molecule has 2 aromatic heterocycles. The predicted octanol–water partition coefficient (Wildman–Crippen LogP) is 5.85. The minimum atomic E-state index is -4.10. The number of aromatic nitrogens is 4. The number of hydrogen-bond acceptors (Lipinski definition) is 11. The molecule has 0 amide bonds. The average molecular weight is 655 g/mol. The molecule has 1 saturated heterocycles. The van der Waals surface area contributed by atoms with Crippen molar-refractivity contribution >= 4 is 48.0 Å². The summed E-state index contributed by atoms with van der Waals surface area (Å²) in [6.45, 7) is 2.16. The summed E-state index contributed by atoms with van der Waals surface area (Å²) < 4.78 is 47.2. The summed E-state index contributed by atoms with van der Waals surface area (Å²) >= 11 is 6.04. The van der Waals surface area contributed by atoms with Crippen molar-refractivity contribution in [1.29, 1.82) is 0 Å². The van der Waals surface area contributed by atoms with Crippen LogP contribution in [0.25, 0.3) is 11.2 Å². The fourth-order valence-electron chi connectivity index (χ4n) is 5.48. The molecule has 2 unspecified atom stereocenters. The summed E-state index contributed by atoms with van der Waals surface area (Å²) in [5.41, 5.74) is 8.27. The van der Waals surface area contributed by atoms with Gasteiger partial charge in [-0.25, -0.2) is 13.9 Å². The van der Waals surface area contributed by atoms with E-state index < -0.39 is 7.82 Å². The third kappa shape index (κ3) is 7.08. The second-order valence-electron chi connectivity index (χ2n) is 11.4. The third-order valence-electron chi connectivity index (χ3n) is 7.99. The number of nitrogen functional groups attached to an aromatic ring is 1. The molecule has 2 aromatic carbocycles. The van der Waals surface area contributed by atoms with Gasteiger partial charge in [-0.3, -0.25) is 4.52 Å². The Kier molecular flexibility index (Phi) is 8.36. The van der Waals surface area contributed by atoms with Gasteiger partial charge < -0.3 is 25.0 Å². The number of anilines is 3. The van der Waals surface area contributed by atoms with Crippen LogP contribution in [0.3, 0.4) is 0 Å². The molecule has 15 heteroatoms. The van der Waals surface area contributed by atoms with E-state index in [2.05, 4.69) is 31.2 Å². The van der Waals surface area contributed by atoms with Crippen LogP contribution in [-0.2, 0) is 13.7 Å². The van der Waals surface area contributed by atoms with Crippen LogP contribution in [0.15, 0.2) is 67.0 Å². The lowest BCUT2D eigenvalue weighted by Crippen LogP contribution is -2.46. The number of benzene rings is 2. The Hall–Kier alpha value is -3.74. The molecule has 45 heavy (non-hydrogen) atoms. The van der Waals surface area contributed by atoms with E-state index >= 15 is 0 Å². The Labute approximate surface area is 264 Å². The van der Waals surface area contributed by atoms with E-state index in [-0.39, 0.29) is 30.3 Å². The van der Waals surface area contributed by atoms with Gasteiger partial charge in [0.2, 0.25) is 5.95 Å². The number of piperazine rings is 1. The van der Waals surface area contributed by atoms with Gasteiger partial charge in [-0.15, -0.1) is 0 Å². The Bertz CT molecular complexity index is 1730. The largest absolute Gasteiger partial charge is 0.547 e. The zero-order valence-electron chi connectivity index (χ0n) is 24.3. The maximum absolute atomic E-state index is 14.1. The smallest absolute Gasteiger partial charge is 0.403 e. The van der Waals surface area contributed by atoms with Crippen molar-refractivity contribution in [3.8, 4) is 5.75 Å². The van der Waals surface area contributed by atoms with E-state index in [0.29, 0.717) is 66.4 Å². The van der Waals surface area contributed by atoms with Gasteiger partial charge in [-0.1, -0.05) is 23.8 Å². The average Bonchev–Trinajstić information content (AvgIpc) is 3.54. The molecule has 0 radical (unpaired) electrons. The zero-order chi connectivity index (χ0) is 31.0. The number of imidazole rings is 1. The highest BCUT2D eigenvalue weighted by Gasteiger charge is 2.36. The van der Waals surface area contributed by atoms with Crippen molar-refractivity contribution in [3.63, 3.8) is 0 Å². The highest BCUT2D eigenvalue weighted by Crippen LogP contribution is 2.51. The van der Waals surface area contributed by atoms with Gasteiger partial charge in [0.1, 0.15) is 11.6 Å². The minimum absolute atomic E-state index is 0.0521. The fraction of sp³-hybridized carbons (Fsp3) is 0.367. The lowest BCUT2D eigenvalue weighted by atomic mass is 10.1. The first-order chi connectivity index (χ1) is 21.8. The summed E-state index contributed by atoms with van der Waals surface area (Å²) in [6, 6.07) is 13.2. The Morgan fingerprint density at radius 2 is 1.78 bits per heavy atom. The lowest BCUT2D eigenvalue weighted by molar-refractivity contribution is -0.0883. The van der Waals surface area contributed by atoms with Gasteiger partial charge in [-0.05, 0) is 67.8 Å². The van der Waals surface area contributed by atoms with Crippen LogP contribution >= 0.6 is 19.4 Å². The van der Waals surface area contributed by atoms with E-state index in [0.717, 1.165) is 18.5 Å². The number of allylic oxidation sites excluding steroid dienone is 1. The lowest BCUT2D eigenvalue weighted by Gasteiger charge is -2.36. The number of nitrogens with one attached hydrogen (secondary N) is 1. The predicted molar refractivity (Wildman–Crippen MR) is 170 cm³/mol. The van der Waals surface area contributed by atoms with Crippen LogP contribution < -0.4 is 20.5 Å². The van der Waals surface area contributed by atoms with Gasteiger partial charge in [-0.2, -0.15) is 19.7 Å². The maximum atomic E-state index is 14.1. The van der Waals surface area contributed by atoms with Gasteiger partial charge in [0, 0.05) is 48.8 Å². The molecule has 12 nitrogen and oxygen atoms in total. The van der Waals surface area contributed by atoms with Crippen molar-refractivity contribution in [2.24, 2.45) is 5.92 Å². The first-order valence-electron chi connectivity index (χ1n) is 14.9. The molecular weight excluding hydrogens is 622 g/mol. The van der Waals surface area contributed by atoms with Gasteiger partial charge >= 0.3 is 7.82 Å². The Morgan fingerprint density at radius 1 is 1.02 bits per heavy atom. The van der Waals surface area contributed by atoms with Crippen molar-refractivity contribution in [1.82, 2.24) is 24.6 Å². The molecule has 7 rings (SSSR count). The number of nitrogens with zero attached hydrogens (tertiary/aromatic N) is 6. The topological polar surface area (TPSA) is 133 Å². The van der Waals surface area contributed by atoms with Gasteiger partial charge in [0.15, 0.2) is 17.0 Å². The molecule has 1 saturated carbocycles. The highest BCUT2D eigenvalue weighted by atomic mass is 35.5. The first-order valence-corrected chi connectivity index (χ1v) is 16.7. The van der Waals surface area contributed by atoms with Crippen LogP contribution in [0.2, 0.25) is 5.02 Å². The van der Waals surface area contributed by atoms with Crippen LogP contribution in [0.1, 0.15) is 25.3 Å². The number of phosphoric acid groups is 1. The molecule has 236 valence electrons. The number of hydroxylamine groups is 2. The number of halogens is 2. The van der Waals surface area contributed by atoms with Gasteiger partial charge in [0.25, 0.3) is 0 Å². The summed E-state index contributed by atoms with van der Waals surface area (Å²) in [7, 11) is -4.10. The molecule has 3 aliphatic rings. The summed E-state index contributed by atoms with van der Waals surface area (Å²) in [6.07, 6.45) is 8.69. The molecule has 2 fully saturated rings. The number of fused-ring (bicyclic) bond motifs is 1. The monoisotopic (exact) mass is 654 g/mol. The number of phosphoric ester groups is 1. The van der Waals surface area contributed by atoms with Gasteiger partial charge in [0.05, 0.1) is 19.0 Å². The molecular formula is C30H33ClFN8O4P. The van der Waals surface area contributed by atoms with E-state index in [9.17, 15) is 8.96 Å². The quantitative estimate of drug-likeness (QED) is 0.149. The molecule has 3 heterocycles. The highest BCUT2D eigenvalue weighted by molar-refractivity contribution is 7.48. The van der Waals surface area contributed by atoms with Crippen LogP contribution in [0, 0.1) is 11.7 Å². The molecule has 0 spiro atoms. The SMILES string of the molecule is Nc1nc(NC2CC2)c2ncn([C@H]3C=CC(COP(=O)(Oc4ccc(Cl)cc4)ON4CCN(c5ccc(F)cc5)CC4)C3)c2n1. The standard InChI is InChI=1S/C30H33ClFN8O4P/c31-21-2-11-26(12-3-21)43-45(41,44-39-15-13-38(14-16-39)24-9-4-22(32)5-10-24)42-18-20-1-8-25(17-20)40-19-34-27-28(35-23-6-7-23)36-30(33)37-29(27)40/h1-5,8-12,19-20,23,25H,6-7,13-18H2,(H3,33,35,36,37)/t20?,25-,45?/m0/s1. The maximum Gasteiger partial charge on any atom is 0.547 e. The fourth-order valence-corrected chi connectivity index (χ4v) is 6.94. The number of hydrogen-bond donors (Lipinski definition) is 2. The van der Waals surface area contributed by atoms with Crippen LogP contribution in [0.5, 0.6) is 5.75 Å². The molecule has 4 aromatic rings. The second kappa shape index (κ2) is 12.6. The van der Waals surface area contributed by atoms with E-state index in [1.807, 2.05) is 10.6 Å². The van der Waals surface area contributed by atoms with Crippen LogP contribution in [-0.4, -0.2) is 63.4 Å². The molecule has 3 N–H and O–H groups in total. The summed E-state index contributed by atoms with van der Waals surface area (Å²) in [4.78, 5) is 15.5. The van der Waals surface area contributed by atoms with Crippen LogP contribution in [0.4, 0.5) is 21.8 Å². The molecule has 2 aliphatic carbocycles. The zero-order valence-corrected chi connectivity index (χ0v) is 26.0. The van der Waals surface area contributed by atoms with Crippen molar-refractivity contribution in [2.75, 3.05) is 48.7 Å². The van der Waals surface area contributed by atoms with E-state index in [1.54, 1.807) is 47.8 Å². The Morgan fingerprint density at radius 3 is 2.51 bits per heavy atom. The second-order valence-corrected chi connectivity index (χ2v) is 13.3.